The molecule has 0 bridgehead atoms. The third-order valence-electron chi connectivity index (χ3n) is 1.95. The van der Waals surface area contributed by atoms with E-state index in [9.17, 15) is 4.79 Å². The SMILES string of the molecule is CCCOC(=O)c1c(C)cccc1N. The molecule has 0 heterocycles. The molecule has 2 N–H and O–H groups in total. The molecule has 3 heteroatoms. The number of hydrogen-bond donors (Lipinski definition) is 1. The summed E-state index contributed by atoms with van der Waals surface area (Å²) in [5.74, 6) is -0.331. The molecule has 0 unspecified atom stereocenters. The van der Waals surface area contributed by atoms with Crippen LogP contribution in [0.5, 0.6) is 0 Å². The number of carbonyl (C=O) groups is 1. The molecular weight excluding hydrogens is 178 g/mol. The van der Waals surface area contributed by atoms with Crippen molar-refractivity contribution in [1.82, 2.24) is 0 Å². The van der Waals surface area contributed by atoms with Crippen LogP contribution in [0, 0.1) is 6.92 Å². The molecule has 0 aliphatic rings. The second kappa shape index (κ2) is 4.65. The van der Waals surface area contributed by atoms with E-state index in [1.54, 1.807) is 6.07 Å². The van der Waals surface area contributed by atoms with Crippen molar-refractivity contribution in [3.05, 3.63) is 29.3 Å². The van der Waals surface area contributed by atoms with Gasteiger partial charge in [0.05, 0.1) is 12.2 Å². The van der Waals surface area contributed by atoms with E-state index in [2.05, 4.69) is 0 Å². The molecule has 0 atom stereocenters. The summed E-state index contributed by atoms with van der Waals surface area (Å²) in [7, 11) is 0. The second-order valence-electron chi connectivity index (χ2n) is 3.18. The number of carbonyl (C=O) groups excluding carboxylic acids is 1. The van der Waals surface area contributed by atoms with Crippen molar-refractivity contribution in [2.45, 2.75) is 20.3 Å². The van der Waals surface area contributed by atoms with Crippen LogP contribution in [0.2, 0.25) is 0 Å². The van der Waals surface area contributed by atoms with Crippen LogP contribution in [0.15, 0.2) is 18.2 Å². The van der Waals surface area contributed by atoms with Crippen LogP contribution in [0.4, 0.5) is 5.69 Å². The summed E-state index contributed by atoms with van der Waals surface area (Å²) in [6, 6.07) is 5.37. The minimum atomic E-state index is -0.331. The van der Waals surface area contributed by atoms with E-state index in [0.717, 1.165) is 12.0 Å². The molecule has 3 nitrogen and oxygen atoms in total. The Labute approximate surface area is 83.9 Å². The van der Waals surface area contributed by atoms with E-state index in [1.165, 1.54) is 0 Å². The average molecular weight is 193 g/mol. The highest BCUT2D eigenvalue weighted by Gasteiger charge is 2.12. The molecule has 0 aliphatic carbocycles. The first-order valence-corrected chi connectivity index (χ1v) is 4.69. The number of hydrogen-bond acceptors (Lipinski definition) is 3. The predicted molar refractivity (Wildman–Crippen MR) is 56.2 cm³/mol. The first kappa shape index (κ1) is 10.6. The molecule has 14 heavy (non-hydrogen) atoms. The predicted octanol–water partition coefficient (Wildman–Crippen LogP) is 2.14. The number of aryl methyl sites for hydroxylation is 1. The van der Waals surface area contributed by atoms with Crippen molar-refractivity contribution in [3.8, 4) is 0 Å². The Bertz CT molecular complexity index is 314. The number of nitrogens with two attached hydrogens (primary N) is 1. The van der Waals surface area contributed by atoms with E-state index < -0.39 is 0 Å². The number of benzene rings is 1. The maximum atomic E-state index is 11.5. The zero-order valence-electron chi connectivity index (χ0n) is 8.54. The average Bonchev–Trinajstić information content (AvgIpc) is 2.14. The lowest BCUT2D eigenvalue weighted by atomic mass is 10.1. The van der Waals surface area contributed by atoms with Crippen molar-refractivity contribution >= 4 is 11.7 Å². The van der Waals surface area contributed by atoms with E-state index in [4.69, 9.17) is 10.5 Å². The molecular formula is C11H15NO2. The van der Waals surface area contributed by atoms with Gasteiger partial charge in [-0.1, -0.05) is 19.1 Å². The van der Waals surface area contributed by atoms with Gasteiger partial charge in [-0.3, -0.25) is 0 Å². The third-order valence-corrected chi connectivity index (χ3v) is 1.95. The van der Waals surface area contributed by atoms with Gasteiger partial charge in [0.2, 0.25) is 0 Å². The van der Waals surface area contributed by atoms with Crippen LogP contribution in [-0.4, -0.2) is 12.6 Å². The first-order chi connectivity index (χ1) is 6.66. The van der Waals surface area contributed by atoms with Gasteiger partial charge in [0.1, 0.15) is 0 Å². The Morgan fingerprint density at radius 1 is 1.50 bits per heavy atom. The Hall–Kier alpha value is -1.51. The smallest absolute Gasteiger partial charge is 0.340 e. The minimum absolute atomic E-state index is 0.331. The molecule has 76 valence electrons. The van der Waals surface area contributed by atoms with Gasteiger partial charge in [-0.25, -0.2) is 4.79 Å². The normalized spacial score (nSPS) is 9.86. The maximum Gasteiger partial charge on any atom is 0.340 e. The number of anilines is 1. The van der Waals surface area contributed by atoms with Crippen LogP contribution >= 0.6 is 0 Å². The van der Waals surface area contributed by atoms with Crippen LogP contribution in [0.1, 0.15) is 29.3 Å². The molecule has 1 aromatic carbocycles. The number of esters is 1. The summed E-state index contributed by atoms with van der Waals surface area (Å²) in [4.78, 5) is 11.5. The second-order valence-corrected chi connectivity index (χ2v) is 3.18. The van der Waals surface area contributed by atoms with Gasteiger partial charge in [0, 0.05) is 5.69 Å². The summed E-state index contributed by atoms with van der Waals surface area (Å²) in [6.07, 6.45) is 0.817. The van der Waals surface area contributed by atoms with E-state index >= 15 is 0 Å². The zero-order valence-corrected chi connectivity index (χ0v) is 8.54. The fraction of sp³-hybridized carbons (Fsp3) is 0.364. The van der Waals surface area contributed by atoms with Crippen molar-refractivity contribution in [2.75, 3.05) is 12.3 Å². The largest absolute Gasteiger partial charge is 0.462 e. The highest BCUT2D eigenvalue weighted by molar-refractivity contribution is 5.96. The summed E-state index contributed by atoms with van der Waals surface area (Å²) in [5.41, 5.74) is 7.51. The van der Waals surface area contributed by atoms with Gasteiger partial charge in [-0.05, 0) is 25.0 Å². The molecule has 0 aromatic heterocycles. The van der Waals surface area contributed by atoms with Gasteiger partial charge in [-0.15, -0.1) is 0 Å². The molecule has 1 aromatic rings. The van der Waals surface area contributed by atoms with Crippen molar-refractivity contribution in [2.24, 2.45) is 0 Å². The molecule has 0 aliphatic heterocycles. The van der Waals surface area contributed by atoms with Crippen LogP contribution in [-0.2, 0) is 4.74 Å². The van der Waals surface area contributed by atoms with Crippen LogP contribution in [0.25, 0.3) is 0 Å². The number of nitrogen functional groups attached to an aromatic ring is 1. The first-order valence-electron chi connectivity index (χ1n) is 4.69. The molecule has 0 saturated carbocycles. The summed E-state index contributed by atoms with van der Waals surface area (Å²) < 4.78 is 5.02. The Balaban J connectivity index is 2.89. The van der Waals surface area contributed by atoms with Crippen molar-refractivity contribution < 1.29 is 9.53 Å². The Morgan fingerprint density at radius 2 is 2.21 bits per heavy atom. The molecule has 0 saturated heterocycles. The van der Waals surface area contributed by atoms with Crippen LogP contribution in [0.3, 0.4) is 0 Å². The minimum Gasteiger partial charge on any atom is -0.462 e. The van der Waals surface area contributed by atoms with Gasteiger partial charge in [0.25, 0.3) is 0 Å². The van der Waals surface area contributed by atoms with Gasteiger partial charge < -0.3 is 10.5 Å². The number of ether oxygens (including phenoxy) is 1. The highest BCUT2D eigenvalue weighted by Crippen LogP contribution is 2.17. The molecule has 1 rings (SSSR count). The maximum absolute atomic E-state index is 11.5. The van der Waals surface area contributed by atoms with Crippen molar-refractivity contribution in [1.29, 1.82) is 0 Å². The Morgan fingerprint density at radius 3 is 2.79 bits per heavy atom. The molecule has 0 fully saturated rings. The van der Waals surface area contributed by atoms with Gasteiger partial charge >= 0.3 is 5.97 Å². The van der Waals surface area contributed by atoms with E-state index in [0.29, 0.717) is 17.9 Å². The standard InChI is InChI=1S/C11H15NO2/c1-3-7-14-11(13)10-8(2)5-4-6-9(10)12/h4-6H,3,7,12H2,1-2H3. The monoisotopic (exact) mass is 193 g/mol. The lowest BCUT2D eigenvalue weighted by Gasteiger charge is -2.08. The summed E-state index contributed by atoms with van der Waals surface area (Å²) in [5, 5.41) is 0. The zero-order chi connectivity index (χ0) is 10.6. The van der Waals surface area contributed by atoms with Crippen LogP contribution < -0.4 is 5.73 Å². The quantitative estimate of drug-likeness (QED) is 0.591. The van der Waals surface area contributed by atoms with Gasteiger partial charge in [0.15, 0.2) is 0 Å². The number of rotatable bonds is 3. The lowest BCUT2D eigenvalue weighted by molar-refractivity contribution is 0.0505. The Kier molecular flexibility index (Phi) is 3.51. The van der Waals surface area contributed by atoms with Gasteiger partial charge in [-0.2, -0.15) is 0 Å². The highest BCUT2D eigenvalue weighted by atomic mass is 16.5. The molecule has 0 spiro atoms. The van der Waals surface area contributed by atoms with Crippen molar-refractivity contribution in [3.63, 3.8) is 0 Å². The fourth-order valence-corrected chi connectivity index (χ4v) is 1.24. The molecule has 0 amide bonds. The van der Waals surface area contributed by atoms with E-state index in [1.807, 2.05) is 26.0 Å². The topological polar surface area (TPSA) is 52.3 Å². The lowest BCUT2D eigenvalue weighted by Crippen LogP contribution is -2.10. The van der Waals surface area contributed by atoms with E-state index in [-0.39, 0.29) is 5.97 Å². The third kappa shape index (κ3) is 2.25. The fourth-order valence-electron chi connectivity index (χ4n) is 1.24. The summed E-state index contributed by atoms with van der Waals surface area (Å²) in [6.45, 7) is 4.24. The summed E-state index contributed by atoms with van der Waals surface area (Å²) >= 11 is 0. The molecule has 0 radical (unpaired) electrons.